The number of pyridine rings is 1. The van der Waals surface area contributed by atoms with Crippen molar-refractivity contribution in [1.82, 2.24) is 14.7 Å². The topological polar surface area (TPSA) is 111 Å². The van der Waals surface area contributed by atoms with Crippen molar-refractivity contribution in [3.8, 4) is 22.6 Å². The zero-order valence-corrected chi connectivity index (χ0v) is 21.5. The second kappa shape index (κ2) is 11.9. The molecule has 0 aliphatic heterocycles. The molecule has 1 amide bonds. The Balaban J connectivity index is 1.71. The van der Waals surface area contributed by atoms with Gasteiger partial charge in [-0.2, -0.15) is 0 Å². The third-order valence-electron chi connectivity index (χ3n) is 6.15. The van der Waals surface area contributed by atoms with Crippen LogP contribution in [0.5, 0.6) is 11.5 Å². The summed E-state index contributed by atoms with van der Waals surface area (Å²) in [5.41, 5.74) is 2.28. The zero-order valence-electron chi connectivity index (χ0n) is 21.5. The lowest BCUT2D eigenvalue weighted by Gasteiger charge is -2.19. The van der Waals surface area contributed by atoms with E-state index in [9.17, 15) is 23.5 Å². The number of fused-ring (bicyclic) bond motifs is 1. The Labute approximate surface area is 223 Å². The number of carbonyl (C=O) groups excluding carboxylic acids is 1. The number of ether oxygens (including phenoxy) is 3. The van der Waals surface area contributed by atoms with E-state index in [0.29, 0.717) is 47.2 Å². The number of benzene rings is 2. The van der Waals surface area contributed by atoms with Gasteiger partial charge in [0.1, 0.15) is 40.4 Å². The number of imidazole rings is 1. The van der Waals surface area contributed by atoms with Crippen LogP contribution < -0.4 is 14.8 Å². The molecule has 0 radical (unpaired) electrons. The van der Waals surface area contributed by atoms with Crippen molar-refractivity contribution in [1.29, 1.82) is 0 Å². The van der Waals surface area contributed by atoms with Gasteiger partial charge < -0.3 is 29.0 Å². The van der Waals surface area contributed by atoms with Gasteiger partial charge in [0.15, 0.2) is 0 Å². The molecule has 9 nitrogen and oxygen atoms in total. The van der Waals surface area contributed by atoms with E-state index in [1.54, 1.807) is 43.1 Å². The average Bonchev–Trinajstić information content (AvgIpc) is 3.41. The van der Waals surface area contributed by atoms with E-state index in [-0.39, 0.29) is 6.42 Å². The molecule has 2 N–H and O–H groups in total. The lowest BCUT2D eigenvalue weighted by molar-refractivity contribution is -0.139. The lowest BCUT2D eigenvalue weighted by atomic mass is 10.0. The highest BCUT2D eigenvalue weighted by molar-refractivity contribution is 5.97. The first-order valence-electron chi connectivity index (χ1n) is 12.0. The summed E-state index contributed by atoms with van der Waals surface area (Å²) in [7, 11) is 3.08. The fraction of sp³-hybridized carbons (Fsp3) is 0.250. The second-order valence-electron chi connectivity index (χ2n) is 8.54. The first-order valence-corrected chi connectivity index (χ1v) is 12.0. The van der Waals surface area contributed by atoms with Crippen molar-refractivity contribution in [3.05, 3.63) is 83.3 Å². The van der Waals surface area contributed by atoms with Crippen molar-refractivity contribution in [2.45, 2.75) is 26.0 Å². The second-order valence-corrected chi connectivity index (χ2v) is 8.54. The minimum atomic E-state index is -1.48. The van der Waals surface area contributed by atoms with E-state index in [1.807, 2.05) is 19.1 Å². The van der Waals surface area contributed by atoms with Gasteiger partial charge in [-0.05, 0) is 48.9 Å². The fourth-order valence-electron chi connectivity index (χ4n) is 4.32. The van der Waals surface area contributed by atoms with E-state index in [1.165, 1.54) is 0 Å². The van der Waals surface area contributed by atoms with E-state index < -0.39 is 35.1 Å². The number of nitrogens with one attached hydrogen (secondary N) is 1. The van der Waals surface area contributed by atoms with Gasteiger partial charge in [-0.15, -0.1) is 0 Å². The van der Waals surface area contributed by atoms with Crippen LogP contribution >= 0.6 is 0 Å². The van der Waals surface area contributed by atoms with Crippen LogP contribution in [0.1, 0.15) is 28.5 Å². The molecule has 2 aromatic carbocycles. The molecule has 39 heavy (non-hydrogen) atoms. The van der Waals surface area contributed by atoms with Crippen molar-refractivity contribution in [3.63, 3.8) is 0 Å². The monoisotopic (exact) mass is 539 g/mol. The average molecular weight is 540 g/mol. The molecule has 0 aliphatic carbocycles. The third kappa shape index (κ3) is 5.68. The number of nitrogens with zero attached hydrogens (tertiary/aromatic N) is 2. The molecule has 11 heteroatoms. The van der Waals surface area contributed by atoms with Crippen LogP contribution in [0.15, 0.2) is 54.9 Å². The Kier molecular flexibility index (Phi) is 8.40. The number of carbonyl (C=O) groups is 2. The van der Waals surface area contributed by atoms with Gasteiger partial charge in [-0.1, -0.05) is 6.07 Å². The molecule has 4 aromatic rings. The minimum absolute atomic E-state index is 0.189. The molecule has 204 valence electrons. The number of hydrogen-bond donors (Lipinski definition) is 2. The number of aliphatic carboxylic acids is 1. The summed E-state index contributed by atoms with van der Waals surface area (Å²) in [5, 5.41) is 12.0. The standard InChI is InChI=1S/C28H27F2N3O6/c1-4-39-15-16-12-22(37-2)24(23(13-16)38-3)18-9-8-17(33-11-10-31-26(18)33)14-21(28(35)36)32-27(34)25-19(29)6-5-7-20(25)30/h5-13,21H,4,14-15H2,1-3H3,(H,32,34)(H,35,36)/t21-/m0/s1. The lowest BCUT2D eigenvalue weighted by Crippen LogP contribution is -2.43. The maximum Gasteiger partial charge on any atom is 0.326 e. The van der Waals surface area contributed by atoms with Crippen LogP contribution in [0.4, 0.5) is 8.78 Å². The molecule has 0 saturated carbocycles. The van der Waals surface area contributed by atoms with Crippen molar-refractivity contribution in [2.75, 3.05) is 20.8 Å². The summed E-state index contributed by atoms with van der Waals surface area (Å²) in [4.78, 5) is 29.0. The summed E-state index contributed by atoms with van der Waals surface area (Å²) < 4.78 is 46.7. The SMILES string of the molecule is CCOCc1cc(OC)c(-c2ccc(C[C@H](NC(=O)c3c(F)cccc3F)C(=O)O)n3ccnc23)c(OC)c1. The molecule has 4 rings (SSSR count). The quantitative estimate of drug-likeness (QED) is 0.293. The molecular formula is C28H27F2N3O6. The van der Waals surface area contributed by atoms with Crippen LogP contribution in [0, 0.1) is 11.6 Å². The number of amides is 1. The largest absolute Gasteiger partial charge is 0.496 e. The summed E-state index contributed by atoms with van der Waals surface area (Å²) in [5.74, 6) is -3.65. The highest BCUT2D eigenvalue weighted by Crippen LogP contribution is 2.41. The van der Waals surface area contributed by atoms with Crippen molar-refractivity contribution >= 4 is 17.5 Å². The van der Waals surface area contributed by atoms with Gasteiger partial charge in [0.25, 0.3) is 5.91 Å². The highest BCUT2D eigenvalue weighted by atomic mass is 19.1. The summed E-state index contributed by atoms with van der Waals surface area (Å²) >= 11 is 0. The van der Waals surface area contributed by atoms with Crippen LogP contribution in [0.2, 0.25) is 0 Å². The third-order valence-corrected chi connectivity index (χ3v) is 6.15. The van der Waals surface area contributed by atoms with Crippen LogP contribution in [-0.2, 0) is 22.6 Å². The molecule has 0 unspecified atom stereocenters. The highest BCUT2D eigenvalue weighted by Gasteiger charge is 2.26. The smallest absolute Gasteiger partial charge is 0.326 e. The first-order chi connectivity index (χ1) is 18.8. The molecule has 2 aromatic heterocycles. The molecule has 0 spiro atoms. The molecule has 0 aliphatic rings. The van der Waals surface area contributed by atoms with E-state index in [4.69, 9.17) is 14.2 Å². The van der Waals surface area contributed by atoms with Crippen molar-refractivity contribution in [2.24, 2.45) is 0 Å². The summed E-state index contributed by atoms with van der Waals surface area (Å²) in [6, 6.07) is 8.61. The number of rotatable bonds is 11. The molecule has 2 heterocycles. The normalized spacial score (nSPS) is 11.8. The van der Waals surface area contributed by atoms with E-state index in [2.05, 4.69) is 10.3 Å². The van der Waals surface area contributed by atoms with Gasteiger partial charge in [0.05, 0.1) is 26.4 Å². The molecular weight excluding hydrogens is 512 g/mol. The van der Waals surface area contributed by atoms with Crippen molar-refractivity contribution < 1.29 is 37.7 Å². The van der Waals surface area contributed by atoms with Crippen LogP contribution in [0.25, 0.3) is 16.8 Å². The minimum Gasteiger partial charge on any atom is -0.496 e. The first kappa shape index (κ1) is 27.5. The summed E-state index contributed by atoms with van der Waals surface area (Å²) in [6.45, 7) is 2.83. The Morgan fingerprint density at radius 2 is 1.74 bits per heavy atom. The Hall–Kier alpha value is -4.51. The molecule has 1 atom stereocenters. The number of aromatic nitrogens is 2. The fourth-order valence-corrected chi connectivity index (χ4v) is 4.32. The predicted octanol–water partition coefficient (Wildman–Crippen LogP) is 4.26. The summed E-state index contributed by atoms with van der Waals surface area (Å²) in [6.07, 6.45) is 3.01. The van der Waals surface area contributed by atoms with Crippen LogP contribution in [-0.4, -0.2) is 53.2 Å². The number of carboxylic acids is 1. The van der Waals surface area contributed by atoms with Gasteiger partial charge in [-0.3, -0.25) is 4.79 Å². The van der Waals surface area contributed by atoms with Gasteiger partial charge in [0, 0.05) is 36.7 Å². The number of methoxy groups -OCH3 is 2. The predicted molar refractivity (Wildman–Crippen MR) is 138 cm³/mol. The zero-order chi connectivity index (χ0) is 28.1. The van der Waals surface area contributed by atoms with E-state index in [0.717, 1.165) is 23.8 Å². The Bertz CT molecular complexity index is 1480. The Morgan fingerprint density at radius 3 is 2.33 bits per heavy atom. The van der Waals surface area contributed by atoms with E-state index >= 15 is 0 Å². The molecule has 0 bridgehead atoms. The molecule has 0 saturated heterocycles. The number of hydrogen-bond acceptors (Lipinski definition) is 6. The Morgan fingerprint density at radius 1 is 1.08 bits per heavy atom. The van der Waals surface area contributed by atoms with Crippen LogP contribution in [0.3, 0.4) is 0 Å². The number of halogens is 2. The van der Waals surface area contributed by atoms with Gasteiger partial charge >= 0.3 is 5.97 Å². The van der Waals surface area contributed by atoms with Gasteiger partial charge in [-0.25, -0.2) is 18.6 Å². The molecule has 0 fully saturated rings. The maximum absolute atomic E-state index is 14.1. The number of carboxylic acid groups (broad SMARTS) is 1. The van der Waals surface area contributed by atoms with Gasteiger partial charge in [0.2, 0.25) is 0 Å². The maximum atomic E-state index is 14.1.